The van der Waals surface area contributed by atoms with E-state index < -0.39 is 18.4 Å². The second-order valence-corrected chi connectivity index (χ2v) is 5.03. The summed E-state index contributed by atoms with van der Waals surface area (Å²) in [6.07, 6.45) is 1.42. The predicted octanol–water partition coefficient (Wildman–Crippen LogP) is 0.866. The minimum atomic E-state index is -1.10. The molecule has 3 N–H and O–H groups in total. The van der Waals surface area contributed by atoms with Gasteiger partial charge in [-0.15, -0.1) is 0 Å². The first kappa shape index (κ1) is 16.0. The number of rotatable bonds is 5. The second-order valence-electron chi connectivity index (χ2n) is 5.03. The Morgan fingerprint density at radius 1 is 1.14 bits per heavy atom. The Kier molecular flexibility index (Phi) is 5.48. The number of hydrogen-bond donors (Lipinski definition) is 3. The summed E-state index contributed by atoms with van der Waals surface area (Å²) in [4.78, 5) is 34.1. The standard InChI is InChI=1S/C15H18N2O5/c18-13(19)9-16-14(20)10-1-3-12(4-2-10)17-15(21)11-5-7-22-8-6-11/h1-4,11H,5-9H2,(H,16,20)(H,17,21)(H,18,19). The third kappa shape index (κ3) is 4.56. The van der Waals surface area contributed by atoms with Gasteiger partial charge in [-0.1, -0.05) is 0 Å². The smallest absolute Gasteiger partial charge is 0.322 e. The molecule has 1 fully saturated rings. The number of carboxylic acids is 1. The molecule has 0 atom stereocenters. The van der Waals surface area contributed by atoms with Crippen molar-refractivity contribution in [2.45, 2.75) is 12.8 Å². The summed E-state index contributed by atoms with van der Waals surface area (Å²) in [7, 11) is 0. The van der Waals surface area contributed by atoms with Gasteiger partial charge in [-0.25, -0.2) is 0 Å². The van der Waals surface area contributed by atoms with Gasteiger partial charge in [0.15, 0.2) is 0 Å². The van der Waals surface area contributed by atoms with Crippen LogP contribution in [0.25, 0.3) is 0 Å². The number of carbonyl (C=O) groups excluding carboxylic acids is 2. The Hall–Kier alpha value is -2.41. The van der Waals surface area contributed by atoms with Crippen molar-refractivity contribution in [2.24, 2.45) is 5.92 Å². The largest absolute Gasteiger partial charge is 0.480 e. The molecule has 22 heavy (non-hydrogen) atoms. The van der Waals surface area contributed by atoms with Crippen molar-refractivity contribution >= 4 is 23.5 Å². The van der Waals surface area contributed by atoms with Gasteiger partial charge in [-0.05, 0) is 37.1 Å². The lowest BCUT2D eigenvalue weighted by atomic mass is 9.99. The van der Waals surface area contributed by atoms with Crippen molar-refractivity contribution in [3.05, 3.63) is 29.8 Å². The van der Waals surface area contributed by atoms with E-state index in [1.165, 1.54) is 12.1 Å². The molecule has 2 rings (SSSR count). The molecule has 0 aliphatic carbocycles. The first-order chi connectivity index (χ1) is 10.6. The van der Waals surface area contributed by atoms with Gasteiger partial charge in [-0.3, -0.25) is 14.4 Å². The highest BCUT2D eigenvalue weighted by molar-refractivity contribution is 5.97. The van der Waals surface area contributed by atoms with E-state index in [0.29, 0.717) is 37.3 Å². The maximum absolute atomic E-state index is 12.1. The summed E-state index contributed by atoms with van der Waals surface area (Å²) < 4.78 is 5.22. The van der Waals surface area contributed by atoms with Gasteiger partial charge < -0.3 is 20.5 Å². The molecule has 0 spiro atoms. The van der Waals surface area contributed by atoms with Crippen molar-refractivity contribution in [3.63, 3.8) is 0 Å². The molecule has 118 valence electrons. The molecule has 0 aromatic heterocycles. The highest BCUT2D eigenvalue weighted by atomic mass is 16.5. The Morgan fingerprint density at radius 3 is 2.36 bits per heavy atom. The molecule has 0 unspecified atom stereocenters. The van der Waals surface area contributed by atoms with Crippen LogP contribution in [-0.4, -0.2) is 42.6 Å². The highest BCUT2D eigenvalue weighted by Crippen LogP contribution is 2.18. The van der Waals surface area contributed by atoms with E-state index >= 15 is 0 Å². The zero-order valence-corrected chi connectivity index (χ0v) is 12.0. The zero-order chi connectivity index (χ0) is 15.9. The predicted molar refractivity (Wildman–Crippen MR) is 78.6 cm³/mol. The van der Waals surface area contributed by atoms with Gasteiger partial charge in [-0.2, -0.15) is 0 Å². The van der Waals surface area contributed by atoms with E-state index in [1.807, 2.05) is 0 Å². The molecule has 1 aliphatic rings. The van der Waals surface area contributed by atoms with Crippen LogP contribution in [-0.2, 0) is 14.3 Å². The molecule has 7 nitrogen and oxygen atoms in total. The summed E-state index contributed by atoms with van der Waals surface area (Å²) in [6, 6.07) is 6.31. The van der Waals surface area contributed by atoms with Crippen molar-refractivity contribution in [1.29, 1.82) is 0 Å². The molecule has 1 heterocycles. The number of carbonyl (C=O) groups is 3. The number of nitrogens with one attached hydrogen (secondary N) is 2. The summed E-state index contributed by atoms with van der Waals surface area (Å²) in [5.41, 5.74) is 0.941. The van der Waals surface area contributed by atoms with E-state index in [-0.39, 0.29) is 11.8 Å². The lowest BCUT2D eigenvalue weighted by Crippen LogP contribution is -2.29. The lowest BCUT2D eigenvalue weighted by molar-refractivity contribution is -0.135. The van der Waals surface area contributed by atoms with Gasteiger partial charge in [0, 0.05) is 30.4 Å². The van der Waals surface area contributed by atoms with Gasteiger partial charge >= 0.3 is 5.97 Å². The Bertz CT molecular complexity index is 550. The number of anilines is 1. The van der Waals surface area contributed by atoms with E-state index in [2.05, 4.69) is 10.6 Å². The molecule has 0 saturated carbocycles. The summed E-state index contributed by atoms with van der Waals surface area (Å²) in [5, 5.41) is 13.6. The summed E-state index contributed by atoms with van der Waals surface area (Å²) in [6.45, 7) is 0.766. The van der Waals surface area contributed by atoms with Crippen LogP contribution < -0.4 is 10.6 Å². The van der Waals surface area contributed by atoms with Crippen LogP contribution in [0.5, 0.6) is 0 Å². The fourth-order valence-electron chi connectivity index (χ4n) is 2.17. The molecule has 2 amide bonds. The SMILES string of the molecule is O=C(O)CNC(=O)c1ccc(NC(=O)C2CCOCC2)cc1. The Balaban J connectivity index is 1.89. The highest BCUT2D eigenvalue weighted by Gasteiger charge is 2.21. The molecule has 1 saturated heterocycles. The second kappa shape index (κ2) is 7.56. The van der Waals surface area contributed by atoms with Gasteiger partial charge in [0.1, 0.15) is 6.54 Å². The molecule has 1 aliphatic heterocycles. The van der Waals surface area contributed by atoms with Gasteiger partial charge in [0.25, 0.3) is 5.91 Å². The maximum Gasteiger partial charge on any atom is 0.322 e. The van der Waals surface area contributed by atoms with Crippen molar-refractivity contribution in [2.75, 3.05) is 25.1 Å². The average molecular weight is 306 g/mol. The number of carboxylic acid groups (broad SMARTS) is 1. The van der Waals surface area contributed by atoms with E-state index in [9.17, 15) is 14.4 Å². The number of aliphatic carboxylic acids is 1. The van der Waals surface area contributed by atoms with Crippen LogP contribution in [0.4, 0.5) is 5.69 Å². The normalized spacial score (nSPS) is 15.1. The zero-order valence-electron chi connectivity index (χ0n) is 12.0. The fourth-order valence-corrected chi connectivity index (χ4v) is 2.17. The van der Waals surface area contributed by atoms with Gasteiger partial charge in [0.2, 0.25) is 5.91 Å². The maximum atomic E-state index is 12.1. The van der Waals surface area contributed by atoms with Crippen molar-refractivity contribution in [3.8, 4) is 0 Å². The number of ether oxygens (including phenoxy) is 1. The van der Waals surface area contributed by atoms with Crippen LogP contribution in [0, 0.1) is 5.92 Å². The van der Waals surface area contributed by atoms with Crippen LogP contribution in [0.1, 0.15) is 23.2 Å². The first-order valence-electron chi connectivity index (χ1n) is 7.05. The minimum Gasteiger partial charge on any atom is -0.480 e. The van der Waals surface area contributed by atoms with Crippen LogP contribution in [0.3, 0.4) is 0 Å². The molecule has 1 aromatic rings. The number of hydrogen-bond acceptors (Lipinski definition) is 4. The van der Waals surface area contributed by atoms with Crippen molar-refractivity contribution in [1.82, 2.24) is 5.32 Å². The molecule has 0 bridgehead atoms. The van der Waals surface area contributed by atoms with Crippen LogP contribution >= 0.6 is 0 Å². The first-order valence-corrected chi connectivity index (χ1v) is 7.05. The minimum absolute atomic E-state index is 0.0488. The molecule has 1 aromatic carbocycles. The third-order valence-electron chi connectivity index (χ3n) is 3.41. The quantitative estimate of drug-likeness (QED) is 0.748. The van der Waals surface area contributed by atoms with Crippen LogP contribution in [0.15, 0.2) is 24.3 Å². The van der Waals surface area contributed by atoms with E-state index in [1.54, 1.807) is 12.1 Å². The molecular weight excluding hydrogens is 288 g/mol. The Morgan fingerprint density at radius 2 is 1.77 bits per heavy atom. The topological polar surface area (TPSA) is 105 Å². The molecule has 7 heteroatoms. The Labute approximate surface area is 127 Å². The average Bonchev–Trinajstić information content (AvgIpc) is 2.54. The lowest BCUT2D eigenvalue weighted by Gasteiger charge is -2.21. The number of benzene rings is 1. The number of amides is 2. The van der Waals surface area contributed by atoms with Crippen LogP contribution in [0.2, 0.25) is 0 Å². The molecular formula is C15H18N2O5. The van der Waals surface area contributed by atoms with Crippen molar-refractivity contribution < 1.29 is 24.2 Å². The molecule has 0 radical (unpaired) electrons. The van der Waals surface area contributed by atoms with Gasteiger partial charge in [0.05, 0.1) is 0 Å². The van der Waals surface area contributed by atoms with E-state index in [0.717, 1.165) is 0 Å². The summed E-state index contributed by atoms with van der Waals surface area (Å²) in [5.74, 6) is -1.67. The third-order valence-corrected chi connectivity index (χ3v) is 3.41. The fraction of sp³-hybridized carbons (Fsp3) is 0.400. The van der Waals surface area contributed by atoms with E-state index in [4.69, 9.17) is 9.84 Å². The monoisotopic (exact) mass is 306 g/mol. The summed E-state index contributed by atoms with van der Waals surface area (Å²) >= 11 is 0.